The zero-order chi connectivity index (χ0) is 27.8. The molecule has 37 heavy (non-hydrogen) atoms. The van der Waals surface area contributed by atoms with Crippen LogP contribution in [0.5, 0.6) is 0 Å². The minimum Gasteiger partial charge on any atom is -0.393 e. The van der Waals surface area contributed by atoms with E-state index in [-0.39, 0.29) is 24.5 Å². The van der Waals surface area contributed by atoms with Crippen LogP contribution in [0.3, 0.4) is 0 Å². The lowest BCUT2D eigenvalue weighted by atomic mass is 9.45. The molecule has 0 aromatic carbocycles. The molecule has 0 amide bonds. The van der Waals surface area contributed by atoms with E-state index in [4.69, 9.17) is 0 Å². The van der Waals surface area contributed by atoms with Gasteiger partial charge in [0.05, 0.1) is 41.7 Å². The molecule has 4 rings (SSSR count). The van der Waals surface area contributed by atoms with Gasteiger partial charge in [0, 0.05) is 11.3 Å². The first-order valence-electron chi connectivity index (χ1n) is 14.1. The lowest BCUT2D eigenvalue weighted by Gasteiger charge is -2.60. The van der Waals surface area contributed by atoms with Crippen LogP contribution in [-0.2, 0) is 4.79 Å². The zero-order valence-electron chi connectivity index (χ0n) is 23.0. The molecule has 4 aliphatic rings. The van der Waals surface area contributed by atoms with Gasteiger partial charge in [0.1, 0.15) is 0 Å². The molecule has 12 atom stereocenters. The minimum absolute atomic E-state index is 0.103. The third-order valence-corrected chi connectivity index (χ3v) is 11.7. The molecule has 0 aromatic rings. The van der Waals surface area contributed by atoms with Crippen LogP contribution in [-0.4, -0.2) is 83.3 Å². The Morgan fingerprint density at radius 3 is 2.32 bits per heavy atom. The molecule has 8 heteroatoms. The second-order valence-electron chi connectivity index (χ2n) is 13.7. The van der Waals surface area contributed by atoms with Crippen molar-refractivity contribution in [2.24, 2.45) is 34.5 Å². The Balaban J connectivity index is 1.65. The van der Waals surface area contributed by atoms with Crippen molar-refractivity contribution in [3.63, 3.8) is 0 Å². The van der Waals surface area contributed by atoms with Gasteiger partial charge in [-0.2, -0.15) is 0 Å². The lowest BCUT2D eigenvalue weighted by Crippen LogP contribution is -2.63. The van der Waals surface area contributed by atoms with Crippen molar-refractivity contribution in [1.82, 2.24) is 0 Å². The smallest absolute Gasteiger partial charge is 0.159 e. The Bertz CT molecular complexity index is 929. The summed E-state index contributed by atoms with van der Waals surface area (Å²) in [6, 6.07) is 0. The fraction of sp³-hybridized carbons (Fsp3) is 0.897. The van der Waals surface area contributed by atoms with E-state index in [1.165, 1.54) is 6.92 Å². The fourth-order valence-electron chi connectivity index (χ4n) is 9.04. The van der Waals surface area contributed by atoms with Crippen LogP contribution in [0.4, 0.5) is 0 Å². The zero-order valence-corrected chi connectivity index (χ0v) is 23.0. The molecule has 0 heterocycles. The van der Waals surface area contributed by atoms with Crippen molar-refractivity contribution in [2.75, 3.05) is 6.61 Å². The van der Waals surface area contributed by atoms with E-state index in [1.807, 2.05) is 20.8 Å². The third kappa shape index (κ3) is 4.17. The van der Waals surface area contributed by atoms with Crippen LogP contribution >= 0.6 is 0 Å². The molecule has 0 bridgehead atoms. The van der Waals surface area contributed by atoms with Gasteiger partial charge in [-0.3, -0.25) is 4.79 Å². The van der Waals surface area contributed by atoms with Crippen molar-refractivity contribution in [3.05, 3.63) is 11.6 Å². The van der Waals surface area contributed by atoms with E-state index < -0.39 is 70.3 Å². The van der Waals surface area contributed by atoms with E-state index in [9.17, 15) is 40.5 Å². The average molecular weight is 525 g/mol. The van der Waals surface area contributed by atoms with Gasteiger partial charge >= 0.3 is 0 Å². The summed E-state index contributed by atoms with van der Waals surface area (Å²) in [6.07, 6.45) is 1.76. The van der Waals surface area contributed by atoms with Crippen molar-refractivity contribution >= 4 is 5.78 Å². The van der Waals surface area contributed by atoms with Crippen molar-refractivity contribution < 1.29 is 40.5 Å². The van der Waals surface area contributed by atoms with Gasteiger partial charge < -0.3 is 35.7 Å². The van der Waals surface area contributed by atoms with Crippen LogP contribution in [0, 0.1) is 34.5 Å². The summed E-state index contributed by atoms with van der Waals surface area (Å²) in [4.78, 5) is 13.3. The SMILES string of the molecule is CC[C@H](C[C@@H](O)[C@](C)(O)[C@H]1CC[C@@]2(O)C3=CC(=O)[C@@H]4C[C@@H](O)[C@@H](O)C[C@]4(C)[C@H]3CC[C@]12C)C(C)(O)CO. The topological polar surface area (TPSA) is 159 Å². The lowest BCUT2D eigenvalue weighted by molar-refractivity contribution is -0.181. The number of carbonyl (C=O) groups excluding carboxylic acids is 1. The third-order valence-electron chi connectivity index (χ3n) is 11.7. The number of ketones is 1. The number of fused-ring (bicyclic) bond motifs is 5. The number of carbonyl (C=O) groups is 1. The quantitative estimate of drug-likeness (QED) is 0.264. The molecular weight excluding hydrogens is 476 g/mol. The van der Waals surface area contributed by atoms with Gasteiger partial charge in [0.25, 0.3) is 0 Å². The molecule has 0 aromatic heterocycles. The first-order valence-corrected chi connectivity index (χ1v) is 14.1. The molecule has 1 unspecified atom stereocenters. The normalized spacial score (nSPS) is 46.5. The van der Waals surface area contributed by atoms with Gasteiger partial charge in [-0.1, -0.05) is 27.2 Å². The minimum atomic E-state index is -1.57. The summed E-state index contributed by atoms with van der Waals surface area (Å²) in [6.45, 7) is 8.50. The van der Waals surface area contributed by atoms with E-state index >= 15 is 0 Å². The molecule has 8 nitrogen and oxygen atoms in total. The Labute approximate surface area is 220 Å². The second-order valence-corrected chi connectivity index (χ2v) is 13.7. The van der Waals surface area contributed by atoms with Gasteiger partial charge in [-0.05, 0) is 93.6 Å². The van der Waals surface area contributed by atoms with E-state index in [1.54, 1.807) is 13.0 Å². The summed E-state index contributed by atoms with van der Waals surface area (Å²) < 4.78 is 0. The summed E-state index contributed by atoms with van der Waals surface area (Å²) >= 11 is 0. The number of allylic oxidation sites excluding steroid dienone is 1. The highest BCUT2D eigenvalue weighted by molar-refractivity contribution is 5.95. The maximum atomic E-state index is 13.3. The standard InChI is InChI=1S/C29H48O8/c1-6-16(27(4,35)15-30)11-24(34)28(5,36)23-8-10-29(37)18-12-20(31)19-13-21(32)22(33)14-25(19,2)17(18)7-9-26(23,29)3/h12,16-17,19,21-24,30,32-37H,6-11,13-15H2,1-5H3/t16-,17+,19+,21-,22+,23+,24-,25-,26-,27?,28-,29-/m1/s1. The summed E-state index contributed by atoms with van der Waals surface area (Å²) in [5, 5.41) is 76.3. The fourth-order valence-corrected chi connectivity index (χ4v) is 9.04. The molecular formula is C29H48O8. The highest BCUT2D eigenvalue weighted by Crippen LogP contribution is 2.68. The van der Waals surface area contributed by atoms with Gasteiger partial charge in [0.15, 0.2) is 5.78 Å². The number of aliphatic hydroxyl groups excluding tert-OH is 4. The molecule has 0 radical (unpaired) electrons. The number of aliphatic hydroxyl groups is 7. The number of hydrogen-bond acceptors (Lipinski definition) is 8. The average Bonchev–Trinajstić information content (AvgIpc) is 3.11. The van der Waals surface area contributed by atoms with Crippen molar-refractivity contribution in [3.8, 4) is 0 Å². The van der Waals surface area contributed by atoms with E-state index in [0.29, 0.717) is 44.1 Å². The Hall–Kier alpha value is -0.870. The second kappa shape index (κ2) is 9.36. The van der Waals surface area contributed by atoms with Gasteiger partial charge in [0.2, 0.25) is 0 Å². The Morgan fingerprint density at radius 1 is 1.08 bits per heavy atom. The Kier molecular flexibility index (Phi) is 7.36. The first-order chi connectivity index (χ1) is 17.0. The summed E-state index contributed by atoms with van der Waals surface area (Å²) in [5.74, 6) is -1.53. The van der Waals surface area contributed by atoms with Crippen LogP contribution in [0.2, 0.25) is 0 Å². The van der Waals surface area contributed by atoms with E-state index in [2.05, 4.69) is 0 Å². The number of rotatable bonds is 7. The molecule has 0 aliphatic heterocycles. The maximum Gasteiger partial charge on any atom is 0.159 e. The molecule has 4 aliphatic carbocycles. The highest BCUT2D eigenvalue weighted by Gasteiger charge is 2.69. The molecule has 3 fully saturated rings. The van der Waals surface area contributed by atoms with Crippen LogP contribution in [0.1, 0.15) is 86.0 Å². The highest BCUT2D eigenvalue weighted by atomic mass is 16.3. The molecule has 3 saturated carbocycles. The van der Waals surface area contributed by atoms with Crippen molar-refractivity contribution in [2.45, 2.75) is 121 Å². The van der Waals surface area contributed by atoms with Crippen LogP contribution in [0.25, 0.3) is 0 Å². The summed E-state index contributed by atoms with van der Waals surface area (Å²) in [7, 11) is 0. The molecule has 7 N–H and O–H groups in total. The molecule has 0 spiro atoms. The van der Waals surface area contributed by atoms with Gasteiger partial charge in [-0.25, -0.2) is 0 Å². The predicted molar refractivity (Wildman–Crippen MR) is 137 cm³/mol. The van der Waals surface area contributed by atoms with E-state index in [0.717, 1.165) is 0 Å². The Morgan fingerprint density at radius 2 is 1.73 bits per heavy atom. The molecule has 0 saturated heterocycles. The predicted octanol–water partition coefficient (Wildman–Crippen LogP) is 1.46. The molecule has 212 valence electrons. The van der Waals surface area contributed by atoms with Crippen LogP contribution < -0.4 is 0 Å². The summed E-state index contributed by atoms with van der Waals surface area (Å²) in [5.41, 5.74) is -4.98. The first kappa shape index (κ1) is 29.1. The largest absolute Gasteiger partial charge is 0.393 e. The monoisotopic (exact) mass is 524 g/mol. The number of hydrogen-bond donors (Lipinski definition) is 7. The van der Waals surface area contributed by atoms with Crippen LogP contribution in [0.15, 0.2) is 11.6 Å². The maximum absolute atomic E-state index is 13.3. The van der Waals surface area contributed by atoms with Gasteiger partial charge in [-0.15, -0.1) is 0 Å². The van der Waals surface area contributed by atoms with Crippen molar-refractivity contribution in [1.29, 1.82) is 0 Å².